The van der Waals surface area contributed by atoms with Gasteiger partial charge in [0, 0.05) is 18.0 Å². The second kappa shape index (κ2) is 5.07. The van der Waals surface area contributed by atoms with Gasteiger partial charge in [0.2, 0.25) is 0 Å². The summed E-state index contributed by atoms with van der Waals surface area (Å²) in [5.74, 6) is 0.341. The van der Waals surface area contributed by atoms with Crippen LogP contribution < -0.4 is 5.43 Å². The average Bonchev–Trinajstić information content (AvgIpc) is 2.76. The molecular formula is C12H11N3O2. The van der Waals surface area contributed by atoms with Crippen LogP contribution in [0.5, 0.6) is 0 Å². The molecule has 2 aromatic rings. The quantitative estimate of drug-likeness (QED) is 0.644. The molecule has 0 unspecified atom stereocenters. The van der Waals surface area contributed by atoms with Crippen LogP contribution in [0.3, 0.4) is 0 Å². The van der Waals surface area contributed by atoms with Gasteiger partial charge in [0.15, 0.2) is 0 Å². The lowest BCUT2D eigenvalue weighted by molar-refractivity contribution is 0.0955. The summed E-state index contributed by atoms with van der Waals surface area (Å²) in [6.07, 6.45) is 6.14. The smallest absolute Gasteiger partial charge is 0.271 e. The number of carbonyl (C=O) groups is 1. The largest absolute Gasteiger partial charge is 0.463 e. The van der Waals surface area contributed by atoms with Gasteiger partial charge in [-0.05, 0) is 30.7 Å². The molecule has 0 radical (unpaired) electrons. The first-order chi connectivity index (χ1) is 8.27. The van der Waals surface area contributed by atoms with E-state index in [0.717, 1.165) is 5.56 Å². The third kappa shape index (κ3) is 2.78. The Hall–Kier alpha value is -2.43. The highest BCUT2D eigenvalue weighted by molar-refractivity contribution is 5.94. The second-order valence-electron chi connectivity index (χ2n) is 3.40. The molecule has 0 aliphatic heterocycles. The lowest BCUT2D eigenvalue weighted by atomic mass is 10.3. The first kappa shape index (κ1) is 11.1. The lowest BCUT2D eigenvalue weighted by Crippen LogP contribution is -2.17. The molecule has 1 N–H and O–H groups in total. The molecule has 5 heteroatoms. The second-order valence-corrected chi connectivity index (χ2v) is 3.40. The first-order valence-electron chi connectivity index (χ1n) is 5.05. The summed E-state index contributed by atoms with van der Waals surface area (Å²) >= 11 is 0. The van der Waals surface area contributed by atoms with Crippen LogP contribution in [0.4, 0.5) is 0 Å². The molecule has 2 rings (SSSR count). The van der Waals surface area contributed by atoms with Crippen molar-refractivity contribution < 1.29 is 9.21 Å². The van der Waals surface area contributed by atoms with Crippen molar-refractivity contribution in [2.75, 3.05) is 0 Å². The van der Waals surface area contributed by atoms with E-state index in [4.69, 9.17) is 4.42 Å². The van der Waals surface area contributed by atoms with Crippen molar-refractivity contribution in [3.8, 4) is 0 Å². The Bertz CT molecular complexity index is 532. The SMILES string of the molecule is Cc1ccoc1/C=N/NC(=O)c1ccncc1. The van der Waals surface area contributed by atoms with Crippen LogP contribution in [0.15, 0.2) is 46.4 Å². The summed E-state index contributed by atoms with van der Waals surface area (Å²) in [7, 11) is 0. The fourth-order valence-electron chi connectivity index (χ4n) is 1.23. The van der Waals surface area contributed by atoms with Gasteiger partial charge in [-0.3, -0.25) is 9.78 Å². The molecule has 0 atom stereocenters. The fraction of sp³-hybridized carbons (Fsp3) is 0.0833. The minimum atomic E-state index is -0.284. The van der Waals surface area contributed by atoms with Crippen LogP contribution in [0, 0.1) is 6.92 Å². The molecule has 2 heterocycles. The zero-order valence-electron chi connectivity index (χ0n) is 9.25. The number of rotatable bonds is 3. The van der Waals surface area contributed by atoms with Crippen molar-refractivity contribution in [3.05, 3.63) is 53.7 Å². The van der Waals surface area contributed by atoms with Crippen molar-refractivity contribution >= 4 is 12.1 Å². The number of hydrazone groups is 1. The maximum atomic E-state index is 11.6. The van der Waals surface area contributed by atoms with Gasteiger partial charge >= 0.3 is 0 Å². The average molecular weight is 229 g/mol. The minimum Gasteiger partial charge on any atom is -0.463 e. The molecular weight excluding hydrogens is 218 g/mol. The van der Waals surface area contributed by atoms with Gasteiger partial charge < -0.3 is 4.42 Å². The minimum absolute atomic E-state index is 0.284. The molecule has 0 spiro atoms. The number of nitrogens with one attached hydrogen (secondary N) is 1. The molecule has 1 amide bonds. The predicted octanol–water partition coefficient (Wildman–Crippen LogP) is 1.75. The number of amides is 1. The van der Waals surface area contributed by atoms with E-state index in [1.807, 2.05) is 13.0 Å². The highest BCUT2D eigenvalue weighted by Crippen LogP contribution is 2.04. The van der Waals surface area contributed by atoms with E-state index in [1.165, 1.54) is 6.21 Å². The Kier molecular flexibility index (Phi) is 3.30. The first-order valence-corrected chi connectivity index (χ1v) is 5.05. The van der Waals surface area contributed by atoms with Crippen LogP contribution in [0.25, 0.3) is 0 Å². The van der Waals surface area contributed by atoms with E-state index in [1.54, 1.807) is 30.8 Å². The van der Waals surface area contributed by atoms with Crippen molar-refractivity contribution in [1.82, 2.24) is 10.4 Å². The highest BCUT2D eigenvalue weighted by Gasteiger charge is 2.02. The van der Waals surface area contributed by atoms with Crippen LogP contribution >= 0.6 is 0 Å². The van der Waals surface area contributed by atoms with Gasteiger partial charge in [-0.25, -0.2) is 5.43 Å². The number of hydrogen-bond donors (Lipinski definition) is 1. The van der Waals surface area contributed by atoms with E-state index in [-0.39, 0.29) is 5.91 Å². The van der Waals surface area contributed by atoms with Gasteiger partial charge in [-0.1, -0.05) is 0 Å². The standard InChI is InChI=1S/C12H11N3O2/c1-9-4-7-17-11(9)8-14-15-12(16)10-2-5-13-6-3-10/h2-8H,1H3,(H,15,16)/b14-8+. The van der Waals surface area contributed by atoms with Gasteiger partial charge in [0.25, 0.3) is 5.91 Å². The van der Waals surface area contributed by atoms with Crippen molar-refractivity contribution in [1.29, 1.82) is 0 Å². The van der Waals surface area contributed by atoms with Gasteiger partial charge in [-0.2, -0.15) is 5.10 Å². The third-order valence-corrected chi connectivity index (χ3v) is 2.19. The van der Waals surface area contributed by atoms with Gasteiger partial charge in [-0.15, -0.1) is 0 Å². The van der Waals surface area contributed by atoms with Crippen molar-refractivity contribution in [3.63, 3.8) is 0 Å². The predicted molar refractivity (Wildman–Crippen MR) is 62.7 cm³/mol. The van der Waals surface area contributed by atoms with Crippen molar-refractivity contribution in [2.24, 2.45) is 5.10 Å². The zero-order chi connectivity index (χ0) is 12.1. The number of pyridine rings is 1. The lowest BCUT2D eigenvalue weighted by Gasteiger charge is -1.97. The number of hydrogen-bond acceptors (Lipinski definition) is 4. The number of aromatic nitrogens is 1. The fourth-order valence-corrected chi connectivity index (χ4v) is 1.23. The van der Waals surface area contributed by atoms with Gasteiger partial charge in [0.1, 0.15) is 5.76 Å². The van der Waals surface area contributed by atoms with E-state index < -0.39 is 0 Å². The molecule has 0 fully saturated rings. The molecule has 0 aliphatic carbocycles. The molecule has 0 saturated heterocycles. The van der Waals surface area contributed by atoms with Crippen molar-refractivity contribution in [2.45, 2.75) is 6.92 Å². The topological polar surface area (TPSA) is 67.5 Å². The summed E-state index contributed by atoms with van der Waals surface area (Å²) in [6.45, 7) is 1.90. The third-order valence-electron chi connectivity index (χ3n) is 2.19. The number of carbonyl (C=O) groups excluding carboxylic acids is 1. The molecule has 0 aromatic carbocycles. The summed E-state index contributed by atoms with van der Waals surface area (Å²) < 4.78 is 5.14. The molecule has 0 bridgehead atoms. The highest BCUT2D eigenvalue weighted by atomic mass is 16.3. The van der Waals surface area contributed by atoms with Crippen LogP contribution in [-0.2, 0) is 0 Å². The molecule has 17 heavy (non-hydrogen) atoms. The summed E-state index contributed by atoms with van der Waals surface area (Å²) in [4.78, 5) is 15.4. The Balaban J connectivity index is 1.97. The molecule has 0 saturated carbocycles. The Morgan fingerprint density at radius 3 is 2.82 bits per heavy atom. The Morgan fingerprint density at radius 1 is 1.41 bits per heavy atom. The molecule has 0 aliphatic rings. The number of furan rings is 1. The summed E-state index contributed by atoms with van der Waals surface area (Å²) in [5, 5.41) is 3.81. The monoisotopic (exact) mass is 229 g/mol. The zero-order valence-corrected chi connectivity index (χ0v) is 9.25. The van der Waals surface area contributed by atoms with E-state index in [2.05, 4.69) is 15.5 Å². The van der Waals surface area contributed by atoms with E-state index >= 15 is 0 Å². The van der Waals surface area contributed by atoms with Crippen LogP contribution in [0.2, 0.25) is 0 Å². The van der Waals surface area contributed by atoms with E-state index in [9.17, 15) is 4.79 Å². The number of aryl methyl sites for hydroxylation is 1. The molecule has 5 nitrogen and oxygen atoms in total. The Labute approximate surface area is 98.2 Å². The summed E-state index contributed by atoms with van der Waals surface area (Å²) in [6, 6.07) is 5.05. The Morgan fingerprint density at radius 2 is 2.18 bits per heavy atom. The van der Waals surface area contributed by atoms with Gasteiger partial charge in [0.05, 0.1) is 12.5 Å². The summed E-state index contributed by atoms with van der Waals surface area (Å²) in [5.41, 5.74) is 3.88. The number of nitrogens with zero attached hydrogens (tertiary/aromatic N) is 2. The maximum Gasteiger partial charge on any atom is 0.271 e. The molecule has 2 aromatic heterocycles. The van der Waals surface area contributed by atoms with Crippen LogP contribution in [-0.4, -0.2) is 17.1 Å². The normalized spacial score (nSPS) is 10.6. The van der Waals surface area contributed by atoms with E-state index in [0.29, 0.717) is 11.3 Å². The maximum absolute atomic E-state index is 11.6. The molecule has 86 valence electrons. The van der Waals surface area contributed by atoms with Crippen LogP contribution in [0.1, 0.15) is 21.7 Å².